The number of nitrogens with zero attached hydrogens (tertiary/aromatic N) is 5. The maximum atomic E-state index is 15.1. The molecule has 5 heterocycles. The number of nitrogens with one attached hydrogen (secondary N) is 3. The van der Waals surface area contributed by atoms with Crippen LogP contribution in [-0.4, -0.2) is 138 Å². The van der Waals surface area contributed by atoms with Gasteiger partial charge in [-0.1, -0.05) is 44.9 Å². The van der Waals surface area contributed by atoms with Crippen molar-refractivity contribution in [2.75, 3.05) is 52.3 Å². The number of anilines is 1. The summed E-state index contributed by atoms with van der Waals surface area (Å²) < 4.78 is 18.2. The van der Waals surface area contributed by atoms with E-state index < -0.39 is 76.8 Å². The number of esters is 2. The Kier molecular flexibility index (Phi) is 16.2. The van der Waals surface area contributed by atoms with E-state index in [2.05, 4.69) is 66.0 Å². The maximum Gasteiger partial charge on any atom is 0.324 e. The van der Waals surface area contributed by atoms with Gasteiger partial charge in [-0.3, -0.25) is 44.1 Å². The summed E-state index contributed by atoms with van der Waals surface area (Å²) >= 11 is 0. The number of carbonyl (C=O) groups is 6. The number of hydrogen-bond acceptors (Lipinski definition) is 14. The number of rotatable bonds is 12. The van der Waals surface area contributed by atoms with E-state index in [9.17, 15) is 29.1 Å². The predicted octanol–water partition coefficient (Wildman–Crippen LogP) is 5.33. The third-order valence-corrected chi connectivity index (χ3v) is 15.5. The van der Waals surface area contributed by atoms with Crippen LogP contribution in [-0.2, 0) is 44.7 Å². The van der Waals surface area contributed by atoms with Gasteiger partial charge in [0.05, 0.1) is 36.4 Å². The number of aromatic nitrogens is 1. The molecule has 2 aromatic carbocycles. The lowest BCUT2D eigenvalue weighted by molar-refractivity contribution is -0.156. The molecule has 1 saturated carbocycles. The van der Waals surface area contributed by atoms with Crippen molar-refractivity contribution in [1.82, 2.24) is 35.9 Å². The number of hydrazine groups is 1. The average molecular weight is 1020 g/mol. The number of aliphatic hydroxyl groups is 1. The zero-order chi connectivity index (χ0) is 53.4. The number of cyclic esters (lactones) is 1. The van der Waals surface area contributed by atoms with Crippen LogP contribution in [0.25, 0.3) is 11.1 Å². The summed E-state index contributed by atoms with van der Waals surface area (Å²) in [6.45, 7) is 14.4. The summed E-state index contributed by atoms with van der Waals surface area (Å²) in [6, 6.07) is 12.0. The zero-order valence-electron chi connectivity index (χ0n) is 44.7. The Morgan fingerprint density at radius 1 is 1.00 bits per heavy atom. The molecule has 2 unspecified atom stereocenters. The van der Waals surface area contributed by atoms with Crippen molar-refractivity contribution in [1.29, 1.82) is 0 Å². The number of carbonyl (C=O) groups excluding carboxylic acids is 6. The van der Waals surface area contributed by atoms with Crippen LogP contribution in [0.5, 0.6) is 5.75 Å². The van der Waals surface area contributed by atoms with E-state index in [4.69, 9.17) is 19.2 Å². The lowest BCUT2D eigenvalue weighted by atomic mass is 9.76. The first-order chi connectivity index (χ1) is 35.1. The Morgan fingerprint density at radius 3 is 2.41 bits per heavy atom. The Labute approximate surface area is 435 Å². The summed E-state index contributed by atoms with van der Waals surface area (Å²) in [7, 11) is 4.70. The highest BCUT2D eigenvalue weighted by Crippen LogP contribution is 2.55. The number of fused-ring (bicyclic) bond motifs is 6. The smallest absolute Gasteiger partial charge is 0.324 e. The van der Waals surface area contributed by atoms with Gasteiger partial charge in [0.2, 0.25) is 17.7 Å². The average Bonchev–Trinajstić information content (AvgIpc) is 3.71. The molecule has 6 bridgehead atoms. The molecule has 4 N–H and O–H groups in total. The third kappa shape index (κ3) is 11.8. The molecule has 1 aromatic heterocycles. The summed E-state index contributed by atoms with van der Waals surface area (Å²) in [5.74, 6) is -2.96. The number of ether oxygens (including phenoxy) is 3. The summed E-state index contributed by atoms with van der Waals surface area (Å²) in [5, 5.41) is 16.9. The van der Waals surface area contributed by atoms with Crippen LogP contribution in [0.2, 0.25) is 0 Å². The second kappa shape index (κ2) is 22.1. The van der Waals surface area contributed by atoms with Gasteiger partial charge in [0.1, 0.15) is 36.1 Å². The molecule has 18 nitrogen and oxygen atoms in total. The highest BCUT2D eigenvalue weighted by atomic mass is 16.5. The van der Waals surface area contributed by atoms with Gasteiger partial charge >= 0.3 is 11.9 Å². The molecule has 1 aliphatic carbocycles. The molecule has 4 aliphatic heterocycles. The highest BCUT2D eigenvalue weighted by Gasteiger charge is 2.46. The van der Waals surface area contributed by atoms with Crippen LogP contribution >= 0.6 is 0 Å². The molecule has 74 heavy (non-hydrogen) atoms. The first-order valence-corrected chi connectivity index (χ1v) is 26.3. The minimum absolute atomic E-state index is 0.0519. The second-order valence-corrected chi connectivity index (χ2v) is 22.8. The fourth-order valence-corrected chi connectivity index (χ4v) is 11.3. The minimum atomic E-state index is -1.23. The van der Waals surface area contributed by atoms with Crippen molar-refractivity contribution < 1.29 is 48.1 Å². The number of benzene rings is 2. The Balaban J connectivity index is 1.22. The molecule has 4 amide bonds. The van der Waals surface area contributed by atoms with Gasteiger partial charge in [-0.05, 0) is 136 Å². The van der Waals surface area contributed by atoms with Crippen molar-refractivity contribution in [3.8, 4) is 16.9 Å². The van der Waals surface area contributed by atoms with Crippen LogP contribution in [0.3, 0.4) is 0 Å². The number of hydrogen-bond donors (Lipinski definition) is 4. The zero-order valence-corrected chi connectivity index (χ0v) is 44.7. The molecular weight excluding hydrogens is 945 g/mol. The van der Waals surface area contributed by atoms with E-state index in [-0.39, 0.29) is 55.8 Å². The van der Waals surface area contributed by atoms with Gasteiger partial charge in [0.25, 0.3) is 5.91 Å². The van der Waals surface area contributed by atoms with Gasteiger partial charge in [-0.15, -0.1) is 0 Å². The largest absolute Gasteiger partial charge is 0.464 e. The molecule has 0 spiro atoms. The number of amides is 4. The van der Waals surface area contributed by atoms with E-state index in [1.54, 1.807) is 47.2 Å². The summed E-state index contributed by atoms with van der Waals surface area (Å²) in [4.78, 5) is 94.6. The highest BCUT2D eigenvalue weighted by molar-refractivity contribution is 5.94. The quantitative estimate of drug-likeness (QED) is 0.102. The van der Waals surface area contributed by atoms with Gasteiger partial charge in [0, 0.05) is 58.5 Å². The van der Waals surface area contributed by atoms with Crippen LogP contribution in [0, 0.1) is 16.7 Å². The molecular formula is C56H76N8O10. The van der Waals surface area contributed by atoms with Crippen molar-refractivity contribution in [2.24, 2.45) is 16.7 Å². The third-order valence-electron chi connectivity index (χ3n) is 15.5. The van der Waals surface area contributed by atoms with Crippen molar-refractivity contribution in [3.63, 3.8) is 0 Å². The Bertz CT molecular complexity index is 2610. The van der Waals surface area contributed by atoms with Crippen LogP contribution < -0.4 is 25.7 Å². The van der Waals surface area contributed by atoms with Gasteiger partial charge in [-0.25, -0.2) is 5.43 Å². The van der Waals surface area contributed by atoms with Crippen molar-refractivity contribution in [3.05, 3.63) is 77.1 Å². The maximum absolute atomic E-state index is 15.1. The lowest BCUT2D eigenvalue weighted by Crippen LogP contribution is -2.62. The van der Waals surface area contributed by atoms with Crippen molar-refractivity contribution >= 4 is 41.3 Å². The lowest BCUT2D eigenvalue weighted by Gasteiger charge is -2.37. The fourth-order valence-electron chi connectivity index (χ4n) is 11.3. The first-order valence-electron chi connectivity index (χ1n) is 26.3. The van der Waals surface area contributed by atoms with E-state index in [0.717, 1.165) is 46.5 Å². The number of aliphatic hydroxyl groups excluding tert-OH is 1. The number of pyridine rings is 1. The van der Waals surface area contributed by atoms with Crippen LogP contribution in [0.1, 0.15) is 134 Å². The van der Waals surface area contributed by atoms with E-state index in [0.29, 0.717) is 44.2 Å². The van der Waals surface area contributed by atoms with Gasteiger partial charge in [0.15, 0.2) is 0 Å². The normalized spacial score (nSPS) is 24.7. The minimum Gasteiger partial charge on any atom is -0.464 e. The van der Waals surface area contributed by atoms with E-state index >= 15 is 4.79 Å². The van der Waals surface area contributed by atoms with Crippen LogP contribution in [0.4, 0.5) is 5.69 Å². The molecule has 5 aliphatic rings. The topological polar surface area (TPSA) is 222 Å². The standard InChI is InChI=1S/C56H76N8O10/c1-11-63-43-21-20-35-28-39(43)40(48(63)38-18-14-22-57-45(38)32(2)72-10)29-56(6,7)31-73-53(70)41-19-15-23-64(60-41)51(68)42(26-33-24-36(35)27-37(25-33)74-54(71)55(3,4)5)58-50(67)47(34-16-12-13-17-34)62(9)44(65)30-61(8)52(69)46-49(66)59-46/h14,18,20-22,24-25,27-28,32,34,40-42,46-49,59-60,66H,11-13,15-17,19,23,26,29-31H2,1-10H3,(H,58,67)/t32-,40?,41-,42-,46+,47-,48?,49+/m0/s1. The Hall–Kier alpha value is -5.95. The molecule has 400 valence electrons. The molecule has 18 heteroatoms. The van der Waals surface area contributed by atoms with Gasteiger partial charge in [-0.2, -0.15) is 0 Å². The monoisotopic (exact) mass is 1020 g/mol. The SMILES string of the molecule is CCN1c2ccc3cc2C(CC(C)(C)COC(=O)[C@@H]2CCCN(N2)C(=O)[C@@H](NC(=O)[C@H](C2CCCC2)N(C)C(=O)CN(C)C(=O)[C@@H]2N[C@@H]2O)Cc2cc(OC(=O)C(C)(C)C)cc-3c2)C1c1cccnc1[C@H](C)OC. The van der Waals surface area contributed by atoms with E-state index in [1.165, 1.54) is 21.9 Å². The fraction of sp³-hybridized carbons (Fsp3) is 0.589. The summed E-state index contributed by atoms with van der Waals surface area (Å²) in [5.41, 5.74) is 7.97. The molecule has 2 saturated heterocycles. The molecule has 8 rings (SSSR count). The second-order valence-electron chi connectivity index (χ2n) is 22.8. The van der Waals surface area contributed by atoms with E-state index in [1.807, 2.05) is 25.1 Å². The first kappa shape index (κ1) is 54.3. The number of methoxy groups -OCH3 is 1. The Morgan fingerprint density at radius 2 is 1.73 bits per heavy atom. The molecule has 3 aromatic rings. The van der Waals surface area contributed by atoms with Crippen molar-refractivity contribution in [2.45, 2.75) is 148 Å². The van der Waals surface area contributed by atoms with Crippen LogP contribution in [0.15, 0.2) is 54.7 Å². The molecule has 3 fully saturated rings. The molecule has 8 atom stereocenters. The van der Waals surface area contributed by atoms with Gasteiger partial charge < -0.3 is 39.3 Å². The molecule has 0 radical (unpaired) electrons. The predicted molar refractivity (Wildman–Crippen MR) is 277 cm³/mol. The summed E-state index contributed by atoms with van der Waals surface area (Å²) in [6.07, 6.45) is 5.08. The number of likely N-dealkylation sites (N-methyl/N-ethyl adjacent to an activating group) is 3.